The molecule has 0 bridgehead atoms. The maximum absolute atomic E-state index is 12.8. The molecule has 0 aliphatic carbocycles. The molecule has 0 N–H and O–H groups in total. The lowest BCUT2D eigenvalue weighted by atomic mass is 10.1. The largest absolute Gasteiger partial charge is 0.364 e. The smallest absolute Gasteiger partial charge is 0.211 e. The third-order valence-corrected chi connectivity index (χ3v) is 7.45. The van der Waals surface area contributed by atoms with Gasteiger partial charge in [0.2, 0.25) is 10.0 Å². The van der Waals surface area contributed by atoms with E-state index in [1.165, 1.54) is 6.26 Å². The number of hydrogen-bond acceptors (Lipinski definition) is 4. The van der Waals surface area contributed by atoms with Gasteiger partial charge >= 0.3 is 0 Å². The highest BCUT2D eigenvalue weighted by atomic mass is 79.9. The summed E-state index contributed by atoms with van der Waals surface area (Å²) in [5.41, 5.74) is 3.89. The van der Waals surface area contributed by atoms with Crippen molar-refractivity contribution < 1.29 is 8.42 Å². The van der Waals surface area contributed by atoms with Gasteiger partial charge in [0.05, 0.1) is 17.0 Å². The fraction of sp³-hybridized carbons (Fsp3) is 0.261. The Kier molecular flexibility index (Phi) is 6.67. The van der Waals surface area contributed by atoms with Crippen molar-refractivity contribution >= 4 is 43.2 Å². The molecule has 0 saturated carbocycles. The molecule has 3 aromatic rings. The zero-order valence-corrected chi connectivity index (χ0v) is 20.2. The number of aromatic nitrogens is 1. The van der Waals surface area contributed by atoms with Crippen LogP contribution < -0.4 is 4.90 Å². The highest BCUT2D eigenvalue weighted by molar-refractivity contribution is 9.10. The van der Waals surface area contributed by atoms with Crippen LogP contribution in [0.4, 0.5) is 5.69 Å². The summed E-state index contributed by atoms with van der Waals surface area (Å²) in [4.78, 5) is 6.41. The lowest BCUT2D eigenvalue weighted by molar-refractivity contribution is 0.320. The summed E-state index contributed by atoms with van der Waals surface area (Å²) in [6, 6.07) is 17.5. The zero-order valence-electron chi connectivity index (χ0n) is 17.1. The molecular formula is C23H23BrClN3O2S. The second-order valence-corrected chi connectivity index (χ2v) is 11.0. The van der Waals surface area contributed by atoms with Crippen LogP contribution in [-0.4, -0.2) is 36.5 Å². The minimum atomic E-state index is -3.45. The molecule has 1 aromatic heterocycles. The highest BCUT2D eigenvalue weighted by Gasteiger charge is 2.34. The Balaban J connectivity index is 1.80. The Morgan fingerprint density at radius 2 is 1.87 bits per heavy atom. The van der Waals surface area contributed by atoms with E-state index in [0.717, 1.165) is 26.9 Å². The van der Waals surface area contributed by atoms with E-state index in [2.05, 4.69) is 25.8 Å². The van der Waals surface area contributed by atoms with Crippen LogP contribution in [0.1, 0.15) is 16.7 Å². The average Bonchev–Trinajstić information content (AvgIpc) is 2.86. The quantitative estimate of drug-likeness (QED) is 0.481. The van der Waals surface area contributed by atoms with Crippen LogP contribution in [-0.2, 0) is 29.5 Å². The topological polar surface area (TPSA) is 53.5 Å². The molecule has 31 heavy (non-hydrogen) atoms. The summed E-state index contributed by atoms with van der Waals surface area (Å²) < 4.78 is 28.1. The maximum Gasteiger partial charge on any atom is 0.211 e. The van der Waals surface area contributed by atoms with E-state index in [4.69, 9.17) is 11.6 Å². The predicted octanol–water partition coefficient (Wildman–Crippen LogP) is 4.89. The van der Waals surface area contributed by atoms with Crippen molar-refractivity contribution in [1.82, 2.24) is 9.29 Å². The monoisotopic (exact) mass is 519 g/mol. The molecule has 8 heteroatoms. The van der Waals surface area contributed by atoms with Crippen molar-refractivity contribution in [3.8, 4) is 0 Å². The normalized spacial score (nSPS) is 17.3. The van der Waals surface area contributed by atoms with Gasteiger partial charge in [0.1, 0.15) is 0 Å². The van der Waals surface area contributed by atoms with Crippen LogP contribution in [0, 0.1) is 0 Å². The van der Waals surface area contributed by atoms with Gasteiger partial charge in [0.15, 0.2) is 0 Å². The van der Waals surface area contributed by atoms with Gasteiger partial charge in [-0.15, -0.1) is 0 Å². The SMILES string of the molecule is CS(=O)(=O)N1Cc2cc(Br)cc(Cl)c2N(Cc2cccnc2)CC1Cc1ccccc1. The van der Waals surface area contributed by atoms with Crippen molar-refractivity contribution in [2.75, 3.05) is 17.7 Å². The summed E-state index contributed by atoms with van der Waals surface area (Å²) in [5.74, 6) is 0. The van der Waals surface area contributed by atoms with Crippen LogP contribution in [0.15, 0.2) is 71.5 Å². The molecular weight excluding hydrogens is 498 g/mol. The number of anilines is 1. The van der Waals surface area contributed by atoms with Gasteiger partial charge in [-0.2, -0.15) is 4.31 Å². The first-order chi connectivity index (χ1) is 14.8. The first-order valence-electron chi connectivity index (χ1n) is 9.94. The molecule has 0 radical (unpaired) electrons. The number of halogens is 2. The molecule has 0 fully saturated rings. The number of fused-ring (bicyclic) bond motifs is 1. The fourth-order valence-corrected chi connectivity index (χ4v) is 6.18. The molecule has 0 spiro atoms. The lowest BCUT2D eigenvalue weighted by Crippen LogP contribution is -2.45. The van der Waals surface area contributed by atoms with E-state index in [1.807, 2.05) is 60.8 Å². The Hall–Kier alpha value is -1.93. The molecule has 5 nitrogen and oxygen atoms in total. The van der Waals surface area contributed by atoms with Gasteiger partial charge in [0.25, 0.3) is 0 Å². The Bertz CT molecular complexity index is 1160. The highest BCUT2D eigenvalue weighted by Crippen LogP contribution is 2.38. The van der Waals surface area contributed by atoms with Crippen molar-refractivity contribution in [3.05, 3.63) is 93.2 Å². The Morgan fingerprint density at radius 3 is 2.55 bits per heavy atom. The lowest BCUT2D eigenvalue weighted by Gasteiger charge is -2.31. The molecule has 2 heterocycles. The van der Waals surface area contributed by atoms with Crippen molar-refractivity contribution in [2.24, 2.45) is 0 Å². The Labute approximate surface area is 196 Å². The number of pyridine rings is 1. The summed E-state index contributed by atoms with van der Waals surface area (Å²) in [6.45, 7) is 1.38. The second-order valence-electron chi connectivity index (χ2n) is 7.79. The first-order valence-corrected chi connectivity index (χ1v) is 13.0. The molecule has 2 aromatic carbocycles. The fourth-order valence-electron chi connectivity index (χ4n) is 4.12. The first kappa shape index (κ1) is 22.3. The summed E-state index contributed by atoms with van der Waals surface area (Å²) in [6.07, 6.45) is 5.47. The molecule has 1 aliphatic heterocycles. The van der Waals surface area contributed by atoms with Crippen LogP contribution in [0.25, 0.3) is 0 Å². The molecule has 0 amide bonds. The Morgan fingerprint density at radius 1 is 1.13 bits per heavy atom. The number of sulfonamides is 1. The maximum atomic E-state index is 12.8. The van der Waals surface area contributed by atoms with Gasteiger partial charge in [-0.1, -0.05) is 63.9 Å². The summed E-state index contributed by atoms with van der Waals surface area (Å²) >= 11 is 10.2. The molecule has 1 atom stereocenters. The summed E-state index contributed by atoms with van der Waals surface area (Å²) in [5, 5.41) is 0.599. The molecule has 1 aliphatic rings. The van der Waals surface area contributed by atoms with Gasteiger partial charge in [-0.25, -0.2) is 8.42 Å². The van der Waals surface area contributed by atoms with E-state index in [9.17, 15) is 8.42 Å². The van der Waals surface area contributed by atoms with E-state index in [1.54, 1.807) is 10.5 Å². The molecule has 4 rings (SSSR count). The minimum absolute atomic E-state index is 0.240. The molecule has 162 valence electrons. The minimum Gasteiger partial charge on any atom is -0.364 e. The molecule has 1 unspecified atom stereocenters. The van der Waals surface area contributed by atoms with Gasteiger partial charge in [-0.05, 0) is 41.3 Å². The van der Waals surface area contributed by atoms with E-state index in [-0.39, 0.29) is 12.6 Å². The van der Waals surface area contributed by atoms with Crippen LogP contribution in [0.5, 0.6) is 0 Å². The van der Waals surface area contributed by atoms with E-state index >= 15 is 0 Å². The average molecular weight is 521 g/mol. The summed E-state index contributed by atoms with van der Waals surface area (Å²) in [7, 11) is -3.45. The number of hydrogen-bond donors (Lipinski definition) is 0. The van der Waals surface area contributed by atoms with Crippen molar-refractivity contribution in [2.45, 2.75) is 25.6 Å². The standard InChI is InChI=1S/C23H23BrClN3O2S/c1-31(29,30)28-15-19-11-20(24)12-22(25)23(19)27(14-18-8-5-9-26-13-18)16-21(28)10-17-6-3-2-4-7-17/h2-9,11-13,21H,10,14-16H2,1H3. The van der Waals surface area contributed by atoms with Crippen LogP contribution in [0.2, 0.25) is 5.02 Å². The van der Waals surface area contributed by atoms with E-state index < -0.39 is 10.0 Å². The number of benzene rings is 2. The molecule has 0 saturated heterocycles. The van der Waals surface area contributed by atoms with Crippen LogP contribution >= 0.6 is 27.5 Å². The van der Waals surface area contributed by atoms with Gasteiger partial charge < -0.3 is 4.90 Å². The van der Waals surface area contributed by atoms with Crippen LogP contribution in [0.3, 0.4) is 0 Å². The van der Waals surface area contributed by atoms with Gasteiger partial charge in [-0.3, -0.25) is 4.98 Å². The zero-order chi connectivity index (χ0) is 22.0. The predicted molar refractivity (Wildman–Crippen MR) is 129 cm³/mol. The number of nitrogens with zero attached hydrogens (tertiary/aromatic N) is 3. The van der Waals surface area contributed by atoms with Crippen molar-refractivity contribution in [3.63, 3.8) is 0 Å². The number of rotatable bonds is 5. The van der Waals surface area contributed by atoms with Crippen molar-refractivity contribution in [1.29, 1.82) is 0 Å². The second kappa shape index (κ2) is 9.28. The van der Waals surface area contributed by atoms with Gasteiger partial charge in [0, 0.05) is 42.5 Å². The third-order valence-electron chi connectivity index (χ3n) is 5.42. The van der Waals surface area contributed by atoms with E-state index in [0.29, 0.717) is 24.5 Å². The third kappa shape index (κ3) is 5.29.